The summed E-state index contributed by atoms with van der Waals surface area (Å²) in [6.07, 6.45) is 3.09. The molecule has 0 saturated heterocycles. The quantitative estimate of drug-likeness (QED) is 0.573. The molecule has 4 nitrogen and oxygen atoms in total. The highest BCUT2D eigenvalue weighted by molar-refractivity contribution is 4.85. The number of hydrogen-bond acceptors (Lipinski definition) is 4. The largest absolute Gasteiger partial charge is 0.394 e. The van der Waals surface area contributed by atoms with Gasteiger partial charge in [-0.3, -0.25) is 0 Å². The number of likely N-dealkylation sites (N-methyl/N-ethyl adjacent to an activating group) is 2. The fourth-order valence-electron chi connectivity index (χ4n) is 2.06. The van der Waals surface area contributed by atoms with Gasteiger partial charge in [-0.1, -0.05) is 13.8 Å². The predicted molar refractivity (Wildman–Crippen MR) is 72.4 cm³/mol. The van der Waals surface area contributed by atoms with Gasteiger partial charge in [0, 0.05) is 19.2 Å². The van der Waals surface area contributed by atoms with Crippen molar-refractivity contribution < 1.29 is 9.84 Å². The molecule has 104 valence electrons. The van der Waals surface area contributed by atoms with E-state index in [9.17, 15) is 5.11 Å². The van der Waals surface area contributed by atoms with Gasteiger partial charge >= 0.3 is 0 Å². The Hall–Kier alpha value is -0.160. The molecular formula is C13H30N2O2. The molecular weight excluding hydrogens is 216 g/mol. The second-order valence-corrected chi connectivity index (χ2v) is 4.72. The Bertz CT molecular complexity index is 173. The lowest BCUT2D eigenvalue weighted by Crippen LogP contribution is -2.48. The van der Waals surface area contributed by atoms with Gasteiger partial charge in [0.05, 0.1) is 13.2 Å². The number of hydrogen-bond donors (Lipinski definition) is 2. The third kappa shape index (κ3) is 6.99. The molecule has 0 fully saturated rings. The van der Waals surface area contributed by atoms with Gasteiger partial charge in [0.25, 0.3) is 0 Å². The summed E-state index contributed by atoms with van der Waals surface area (Å²) in [5.41, 5.74) is -0.0865. The highest BCUT2D eigenvalue weighted by Gasteiger charge is 2.25. The van der Waals surface area contributed by atoms with Gasteiger partial charge in [0.1, 0.15) is 0 Å². The van der Waals surface area contributed by atoms with Crippen molar-refractivity contribution in [3.05, 3.63) is 0 Å². The van der Waals surface area contributed by atoms with Gasteiger partial charge in [-0.15, -0.1) is 0 Å². The summed E-state index contributed by atoms with van der Waals surface area (Å²) < 4.78 is 5.05. The van der Waals surface area contributed by atoms with Gasteiger partial charge in [-0.2, -0.15) is 0 Å². The molecule has 0 aliphatic heterocycles. The standard InChI is InChI=1S/C13H30N2O2/c1-5-13(12-16,14-6-2)8-7-9-15(3)10-11-17-4/h14,16H,5-12H2,1-4H3. The van der Waals surface area contributed by atoms with Gasteiger partial charge in [0.15, 0.2) is 0 Å². The van der Waals surface area contributed by atoms with Crippen LogP contribution in [0.15, 0.2) is 0 Å². The minimum Gasteiger partial charge on any atom is -0.394 e. The van der Waals surface area contributed by atoms with E-state index in [0.717, 1.165) is 45.5 Å². The third-order valence-electron chi connectivity index (χ3n) is 3.40. The summed E-state index contributed by atoms with van der Waals surface area (Å²) in [6, 6.07) is 0. The van der Waals surface area contributed by atoms with Crippen LogP contribution in [0.25, 0.3) is 0 Å². The molecule has 0 aromatic carbocycles. The molecule has 0 aliphatic carbocycles. The zero-order valence-corrected chi connectivity index (χ0v) is 12.0. The SMILES string of the molecule is CCNC(CC)(CO)CCCN(C)CCOC. The average molecular weight is 246 g/mol. The lowest BCUT2D eigenvalue weighted by molar-refractivity contribution is 0.134. The maximum Gasteiger partial charge on any atom is 0.0613 e. The van der Waals surface area contributed by atoms with Crippen LogP contribution in [0.3, 0.4) is 0 Å². The smallest absolute Gasteiger partial charge is 0.0613 e. The summed E-state index contributed by atoms with van der Waals surface area (Å²) >= 11 is 0. The first kappa shape index (κ1) is 16.8. The zero-order valence-electron chi connectivity index (χ0n) is 12.0. The van der Waals surface area contributed by atoms with Crippen molar-refractivity contribution in [3.8, 4) is 0 Å². The maximum atomic E-state index is 9.52. The van der Waals surface area contributed by atoms with Crippen molar-refractivity contribution in [2.24, 2.45) is 0 Å². The number of methoxy groups -OCH3 is 1. The van der Waals surface area contributed by atoms with E-state index in [0.29, 0.717) is 0 Å². The molecule has 0 amide bonds. The van der Waals surface area contributed by atoms with E-state index in [1.165, 1.54) is 0 Å². The lowest BCUT2D eigenvalue weighted by atomic mass is 9.91. The van der Waals surface area contributed by atoms with Crippen LogP contribution in [0.5, 0.6) is 0 Å². The van der Waals surface area contributed by atoms with Crippen LogP contribution in [-0.2, 0) is 4.74 Å². The van der Waals surface area contributed by atoms with Crippen molar-refractivity contribution in [2.75, 3.05) is 47.0 Å². The molecule has 1 unspecified atom stereocenters. The molecule has 2 N–H and O–H groups in total. The van der Waals surface area contributed by atoms with E-state index in [-0.39, 0.29) is 12.1 Å². The Labute approximate surface area is 106 Å². The first-order chi connectivity index (χ1) is 8.14. The summed E-state index contributed by atoms with van der Waals surface area (Å²) in [5.74, 6) is 0. The fraction of sp³-hybridized carbons (Fsp3) is 1.00. The molecule has 1 atom stereocenters. The van der Waals surface area contributed by atoms with E-state index < -0.39 is 0 Å². The Kier molecular flexibility index (Phi) is 9.74. The molecule has 4 heteroatoms. The van der Waals surface area contributed by atoms with Crippen molar-refractivity contribution >= 4 is 0 Å². The number of rotatable bonds is 11. The van der Waals surface area contributed by atoms with Crippen molar-refractivity contribution in [1.82, 2.24) is 10.2 Å². The van der Waals surface area contributed by atoms with E-state index in [2.05, 4.69) is 31.1 Å². The molecule has 0 rings (SSSR count). The summed E-state index contributed by atoms with van der Waals surface area (Å²) in [6.45, 7) is 8.15. The third-order valence-corrected chi connectivity index (χ3v) is 3.40. The topological polar surface area (TPSA) is 44.7 Å². The second-order valence-electron chi connectivity index (χ2n) is 4.72. The number of aliphatic hydroxyl groups is 1. The molecule has 0 aromatic rings. The van der Waals surface area contributed by atoms with Crippen molar-refractivity contribution in [2.45, 2.75) is 38.6 Å². The predicted octanol–water partition coefficient (Wildman–Crippen LogP) is 1.10. The van der Waals surface area contributed by atoms with Crippen LogP contribution in [0.2, 0.25) is 0 Å². The molecule has 0 bridgehead atoms. The number of nitrogens with one attached hydrogen (secondary N) is 1. The lowest BCUT2D eigenvalue weighted by Gasteiger charge is -2.32. The van der Waals surface area contributed by atoms with Gasteiger partial charge < -0.3 is 20.1 Å². The Morgan fingerprint density at radius 2 is 2.00 bits per heavy atom. The van der Waals surface area contributed by atoms with Crippen LogP contribution in [0.1, 0.15) is 33.1 Å². The molecule has 0 heterocycles. The van der Waals surface area contributed by atoms with E-state index >= 15 is 0 Å². The van der Waals surface area contributed by atoms with Gasteiger partial charge in [-0.05, 0) is 39.4 Å². The van der Waals surface area contributed by atoms with Gasteiger partial charge in [-0.25, -0.2) is 0 Å². The minimum absolute atomic E-state index is 0.0865. The molecule has 0 spiro atoms. The Balaban J connectivity index is 3.88. The van der Waals surface area contributed by atoms with Crippen LogP contribution < -0.4 is 5.32 Å². The van der Waals surface area contributed by atoms with E-state index in [4.69, 9.17) is 4.74 Å². The zero-order chi connectivity index (χ0) is 13.1. The normalized spacial score (nSPS) is 15.2. The van der Waals surface area contributed by atoms with Crippen molar-refractivity contribution in [3.63, 3.8) is 0 Å². The number of aliphatic hydroxyl groups excluding tert-OH is 1. The monoisotopic (exact) mass is 246 g/mol. The molecule has 0 radical (unpaired) electrons. The van der Waals surface area contributed by atoms with Crippen LogP contribution in [-0.4, -0.2) is 62.6 Å². The highest BCUT2D eigenvalue weighted by Crippen LogP contribution is 2.16. The van der Waals surface area contributed by atoms with E-state index in [1.807, 2.05) is 0 Å². The molecule has 0 saturated carbocycles. The Morgan fingerprint density at radius 1 is 1.29 bits per heavy atom. The summed E-state index contributed by atoms with van der Waals surface area (Å²) in [5, 5.41) is 12.9. The summed E-state index contributed by atoms with van der Waals surface area (Å²) in [7, 11) is 3.84. The average Bonchev–Trinajstić information content (AvgIpc) is 2.35. The van der Waals surface area contributed by atoms with Crippen LogP contribution in [0.4, 0.5) is 0 Å². The highest BCUT2D eigenvalue weighted by atomic mass is 16.5. The fourth-order valence-corrected chi connectivity index (χ4v) is 2.06. The molecule has 17 heavy (non-hydrogen) atoms. The number of nitrogens with zero attached hydrogens (tertiary/aromatic N) is 1. The second kappa shape index (κ2) is 9.83. The first-order valence-electron chi connectivity index (χ1n) is 6.67. The maximum absolute atomic E-state index is 9.52. The minimum atomic E-state index is -0.0865. The number of ether oxygens (including phenoxy) is 1. The van der Waals surface area contributed by atoms with Gasteiger partial charge in [0.2, 0.25) is 0 Å². The van der Waals surface area contributed by atoms with Crippen molar-refractivity contribution in [1.29, 1.82) is 0 Å². The first-order valence-corrected chi connectivity index (χ1v) is 6.67. The molecule has 0 aromatic heterocycles. The summed E-state index contributed by atoms with van der Waals surface area (Å²) in [4.78, 5) is 2.27. The molecule has 0 aliphatic rings. The Morgan fingerprint density at radius 3 is 2.47 bits per heavy atom. The van der Waals surface area contributed by atoms with E-state index in [1.54, 1.807) is 7.11 Å². The van der Waals surface area contributed by atoms with Crippen LogP contribution in [0, 0.1) is 0 Å². The van der Waals surface area contributed by atoms with Crippen LogP contribution >= 0.6 is 0 Å².